The summed E-state index contributed by atoms with van der Waals surface area (Å²) in [6.45, 7) is 8.06. The number of benzene rings is 2. The van der Waals surface area contributed by atoms with Gasteiger partial charge in [0.1, 0.15) is 0 Å². The SMILES string of the molecule is CN(C)c1ccc(C(=O)Nc2cc(-c3ccc(B4OC(C)(C)C(C)(C)O4)nc3)ccc2N)cc1. The van der Waals surface area contributed by atoms with E-state index in [0.29, 0.717) is 22.5 Å². The summed E-state index contributed by atoms with van der Waals surface area (Å²) in [6.07, 6.45) is 1.78. The van der Waals surface area contributed by atoms with Gasteiger partial charge in [0.2, 0.25) is 0 Å². The van der Waals surface area contributed by atoms with Gasteiger partial charge in [-0.3, -0.25) is 9.78 Å². The van der Waals surface area contributed by atoms with Crippen LogP contribution < -0.4 is 21.5 Å². The van der Waals surface area contributed by atoms with Crippen molar-refractivity contribution in [2.45, 2.75) is 38.9 Å². The normalized spacial score (nSPS) is 16.4. The molecular formula is C26H31BN4O3. The van der Waals surface area contributed by atoms with Crippen molar-refractivity contribution in [2.75, 3.05) is 30.0 Å². The Labute approximate surface area is 201 Å². The number of hydrogen-bond donors (Lipinski definition) is 2. The van der Waals surface area contributed by atoms with Gasteiger partial charge in [0.15, 0.2) is 0 Å². The lowest BCUT2D eigenvalue weighted by Gasteiger charge is -2.32. The topological polar surface area (TPSA) is 89.7 Å². The average molecular weight is 458 g/mol. The molecule has 8 heteroatoms. The van der Waals surface area contributed by atoms with E-state index in [9.17, 15) is 4.79 Å². The molecule has 0 atom stereocenters. The number of nitrogens with zero attached hydrogens (tertiary/aromatic N) is 2. The second kappa shape index (κ2) is 8.78. The Morgan fingerprint density at radius 2 is 1.56 bits per heavy atom. The molecule has 2 aromatic carbocycles. The van der Waals surface area contributed by atoms with Gasteiger partial charge in [0.05, 0.1) is 28.2 Å². The molecule has 34 heavy (non-hydrogen) atoms. The zero-order valence-electron chi connectivity index (χ0n) is 20.5. The molecule has 1 aliphatic rings. The van der Waals surface area contributed by atoms with E-state index in [1.54, 1.807) is 24.4 Å². The molecule has 1 aromatic heterocycles. The molecule has 0 bridgehead atoms. The summed E-state index contributed by atoms with van der Waals surface area (Å²) in [5, 5.41) is 2.92. The Bertz CT molecular complexity index is 1180. The van der Waals surface area contributed by atoms with Gasteiger partial charge in [-0.1, -0.05) is 12.1 Å². The first-order chi connectivity index (χ1) is 16.0. The first-order valence-electron chi connectivity index (χ1n) is 11.3. The van der Waals surface area contributed by atoms with Crippen LogP contribution in [0.2, 0.25) is 0 Å². The smallest absolute Gasteiger partial charge is 0.398 e. The largest absolute Gasteiger partial charge is 0.514 e. The summed E-state index contributed by atoms with van der Waals surface area (Å²) in [5.41, 5.74) is 10.4. The van der Waals surface area contributed by atoms with Crippen LogP contribution in [-0.4, -0.2) is 43.3 Å². The molecule has 3 N–H and O–H groups in total. The zero-order chi connectivity index (χ0) is 24.7. The highest BCUT2D eigenvalue weighted by Gasteiger charge is 2.52. The number of carbonyl (C=O) groups excluding carboxylic acids is 1. The number of nitrogen functional groups attached to an aromatic ring is 1. The highest BCUT2D eigenvalue weighted by Crippen LogP contribution is 2.36. The quantitative estimate of drug-likeness (QED) is 0.445. The molecule has 0 saturated carbocycles. The van der Waals surface area contributed by atoms with Crippen LogP contribution in [0, 0.1) is 0 Å². The monoisotopic (exact) mass is 458 g/mol. The average Bonchev–Trinajstić information content (AvgIpc) is 3.02. The van der Waals surface area contributed by atoms with Crippen LogP contribution in [0.4, 0.5) is 17.1 Å². The van der Waals surface area contributed by atoms with Crippen molar-refractivity contribution in [2.24, 2.45) is 0 Å². The van der Waals surface area contributed by atoms with E-state index in [2.05, 4.69) is 10.3 Å². The summed E-state index contributed by atoms with van der Waals surface area (Å²) < 4.78 is 12.2. The fourth-order valence-electron chi connectivity index (χ4n) is 3.63. The molecule has 1 saturated heterocycles. The van der Waals surface area contributed by atoms with Gasteiger partial charge in [-0.05, 0) is 75.7 Å². The van der Waals surface area contributed by atoms with Crippen LogP contribution in [0.25, 0.3) is 11.1 Å². The zero-order valence-corrected chi connectivity index (χ0v) is 20.5. The van der Waals surface area contributed by atoms with Crippen molar-refractivity contribution < 1.29 is 14.1 Å². The molecule has 176 valence electrons. The number of amides is 1. The first-order valence-corrected chi connectivity index (χ1v) is 11.3. The lowest BCUT2D eigenvalue weighted by Crippen LogP contribution is -2.41. The fourth-order valence-corrected chi connectivity index (χ4v) is 3.63. The second-order valence-electron chi connectivity index (χ2n) is 9.76. The second-order valence-corrected chi connectivity index (χ2v) is 9.76. The number of anilines is 3. The van der Waals surface area contributed by atoms with Crippen LogP contribution in [0.3, 0.4) is 0 Å². The number of carbonyl (C=O) groups is 1. The Morgan fingerprint density at radius 1 is 0.941 bits per heavy atom. The van der Waals surface area contributed by atoms with Crippen molar-refractivity contribution >= 4 is 35.7 Å². The predicted octanol–water partition coefficient (Wildman–Crippen LogP) is 3.95. The van der Waals surface area contributed by atoms with Gasteiger partial charge < -0.3 is 25.3 Å². The van der Waals surface area contributed by atoms with Crippen molar-refractivity contribution in [1.82, 2.24) is 4.98 Å². The van der Waals surface area contributed by atoms with E-state index >= 15 is 0 Å². The molecule has 4 rings (SSSR count). The molecule has 1 fully saturated rings. The van der Waals surface area contributed by atoms with Gasteiger partial charge in [0, 0.05) is 37.1 Å². The van der Waals surface area contributed by atoms with Crippen molar-refractivity contribution in [3.63, 3.8) is 0 Å². The summed E-state index contributed by atoms with van der Waals surface area (Å²) in [4.78, 5) is 19.3. The molecule has 0 unspecified atom stereocenters. The third-order valence-electron chi connectivity index (χ3n) is 6.56. The number of aromatic nitrogens is 1. The predicted molar refractivity (Wildman–Crippen MR) is 139 cm³/mol. The third kappa shape index (κ3) is 4.65. The Balaban J connectivity index is 1.51. The lowest BCUT2D eigenvalue weighted by molar-refractivity contribution is 0.00578. The molecule has 0 aliphatic carbocycles. The molecule has 1 amide bonds. The highest BCUT2D eigenvalue weighted by atomic mass is 16.7. The standard InChI is InChI=1S/C26H31BN4O3/c1-25(2)26(3,4)34-27(33-25)23-14-10-19(16-29-23)18-9-13-21(28)22(15-18)30-24(32)17-7-11-20(12-8-17)31(5)6/h7-16H,28H2,1-6H3,(H,30,32). The van der Waals surface area contributed by atoms with E-state index in [1.807, 2.05) is 83.1 Å². The maximum atomic E-state index is 12.8. The number of pyridine rings is 1. The molecular weight excluding hydrogens is 427 g/mol. The van der Waals surface area contributed by atoms with Gasteiger partial charge in [-0.25, -0.2) is 0 Å². The molecule has 3 aromatic rings. The maximum Gasteiger partial charge on any atom is 0.514 e. The van der Waals surface area contributed by atoms with E-state index < -0.39 is 18.3 Å². The number of hydrogen-bond acceptors (Lipinski definition) is 6. The first kappa shape index (κ1) is 23.8. The number of nitrogens with one attached hydrogen (secondary N) is 1. The van der Waals surface area contributed by atoms with Crippen molar-refractivity contribution in [1.29, 1.82) is 0 Å². The number of nitrogens with two attached hydrogens (primary N) is 1. The minimum absolute atomic E-state index is 0.219. The molecule has 1 aliphatic heterocycles. The Kier molecular flexibility index (Phi) is 6.14. The van der Waals surface area contributed by atoms with Gasteiger partial charge in [0.25, 0.3) is 5.91 Å². The minimum atomic E-state index is -0.515. The highest BCUT2D eigenvalue weighted by molar-refractivity contribution is 6.61. The van der Waals surface area contributed by atoms with Crippen LogP contribution in [0.1, 0.15) is 38.1 Å². The minimum Gasteiger partial charge on any atom is -0.398 e. The fraction of sp³-hybridized carbons (Fsp3) is 0.308. The van der Waals surface area contributed by atoms with E-state index in [0.717, 1.165) is 16.8 Å². The molecule has 0 spiro atoms. The van der Waals surface area contributed by atoms with Crippen LogP contribution in [0.15, 0.2) is 60.8 Å². The Morgan fingerprint density at radius 3 is 2.12 bits per heavy atom. The van der Waals surface area contributed by atoms with Gasteiger partial charge >= 0.3 is 7.12 Å². The summed E-state index contributed by atoms with van der Waals surface area (Å²) >= 11 is 0. The van der Waals surface area contributed by atoms with Gasteiger partial charge in [-0.2, -0.15) is 0 Å². The molecule has 2 heterocycles. The van der Waals surface area contributed by atoms with Crippen molar-refractivity contribution in [3.8, 4) is 11.1 Å². The summed E-state index contributed by atoms with van der Waals surface area (Å²) in [6, 6.07) is 16.8. The summed E-state index contributed by atoms with van der Waals surface area (Å²) in [7, 11) is 3.40. The molecule has 7 nitrogen and oxygen atoms in total. The van der Waals surface area contributed by atoms with Crippen LogP contribution in [0.5, 0.6) is 0 Å². The third-order valence-corrected chi connectivity index (χ3v) is 6.56. The Hall–Kier alpha value is -3.36. The lowest BCUT2D eigenvalue weighted by atomic mass is 9.84. The van der Waals surface area contributed by atoms with Crippen molar-refractivity contribution in [3.05, 3.63) is 66.4 Å². The van der Waals surface area contributed by atoms with E-state index in [4.69, 9.17) is 15.0 Å². The number of rotatable bonds is 5. The van der Waals surface area contributed by atoms with E-state index in [-0.39, 0.29) is 5.91 Å². The van der Waals surface area contributed by atoms with Crippen LogP contribution >= 0.6 is 0 Å². The molecule has 0 radical (unpaired) electrons. The van der Waals surface area contributed by atoms with Crippen LogP contribution in [-0.2, 0) is 9.31 Å². The summed E-state index contributed by atoms with van der Waals surface area (Å²) in [5.74, 6) is -0.219. The van der Waals surface area contributed by atoms with E-state index in [1.165, 1.54) is 0 Å². The van der Waals surface area contributed by atoms with Gasteiger partial charge in [-0.15, -0.1) is 0 Å². The maximum absolute atomic E-state index is 12.8.